The van der Waals surface area contributed by atoms with Crippen molar-refractivity contribution in [1.82, 2.24) is 10.6 Å². The molecule has 2 amide bonds. The first-order chi connectivity index (χ1) is 10.6. The van der Waals surface area contributed by atoms with Gasteiger partial charge < -0.3 is 20.5 Å². The number of carboxylic acid groups (broad SMARTS) is 1. The third kappa shape index (κ3) is 4.73. The lowest BCUT2D eigenvalue weighted by Crippen LogP contribution is -2.47. The fourth-order valence-electron chi connectivity index (χ4n) is 2.52. The molecular formula is C16H22N2O4. The number of carbonyl (C=O) groups excluding carboxylic acids is 1. The number of hydrogen-bond acceptors (Lipinski definition) is 3. The fourth-order valence-corrected chi connectivity index (χ4v) is 2.52. The number of nitrogens with one attached hydrogen (secondary N) is 2. The molecule has 0 bridgehead atoms. The Hall–Kier alpha value is -2.08. The minimum absolute atomic E-state index is 0.0873. The van der Waals surface area contributed by atoms with Gasteiger partial charge in [0.1, 0.15) is 6.10 Å². The molecule has 6 heteroatoms. The average molecular weight is 306 g/mol. The van der Waals surface area contributed by atoms with Crippen LogP contribution in [0.2, 0.25) is 0 Å². The predicted molar refractivity (Wildman–Crippen MR) is 81.7 cm³/mol. The van der Waals surface area contributed by atoms with Gasteiger partial charge in [-0.05, 0) is 25.3 Å². The maximum Gasteiger partial charge on any atom is 0.315 e. The lowest BCUT2D eigenvalue weighted by molar-refractivity contribution is -0.136. The average Bonchev–Trinajstić information content (AvgIpc) is 2.48. The van der Waals surface area contributed by atoms with Crippen LogP contribution in [0.3, 0.4) is 0 Å². The second kappa shape index (κ2) is 7.79. The molecule has 2 rings (SSSR count). The zero-order chi connectivity index (χ0) is 15.9. The number of ether oxygens (including phenoxy) is 1. The van der Waals surface area contributed by atoms with Gasteiger partial charge in [-0.3, -0.25) is 4.79 Å². The first-order valence-corrected chi connectivity index (χ1v) is 7.50. The number of benzene rings is 1. The first kappa shape index (κ1) is 16.3. The van der Waals surface area contributed by atoms with Gasteiger partial charge in [0.25, 0.3) is 0 Å². The molecule has 0 aromatic heterocycles. The number of carboxylic acids is 1. The minimum atomic E-state index is -0.932. The van der Waals surface area contributed by atoms with Crippen LogP contribution in [0.25, 0.3) is 0 Å². The number of aliphatic carboxylic acids is 1. The van der Waals surface area contributed by atoms with Crippen LogP contribution in [-0.2, 0) is 9.53 Å². The Morgan fingerprint density at radius 1 is 1.32 bits per heavy atom. The highest BCUT2D eigenvalue weighted by Gasteiger charge is 2.28. The van der Waals surface area contributed by atoms with E-state index in [0.29, 0.717) is 6.61 Å². The van der Waals surface area contributed by atoms with Gasteiger partial charge in [0.15, 0.2) is 0 Å². The zero-order valence-electron chi connectivity index (χ0n) is 12.7. The summed E-state index contributed by atoms with van der Waals surface area (Å²) in [6.07, 6.45) is 1.48. The SMILES string of the molecule is Cc1ccc(C2OCCCC2NC(=O)NCCC(=O)O)cc1. The van der Waals surface area contributed by atoms with Crippen molar-refractivity contribution in [3.63, 3.8) is 0 Å². The van der Waals surface area contributed by atoms with Crippen molar-refractivity contribution in [1.29, 1.82) is 0 Å². The molecule has 0 aliphatic carbocycles. The van der Waals surface area contributed by atoms with Crippen molar-refractivity contribution in [2.45, 2.75) is 38.3 Å². The second-order valence-corrected chi connectivity index (χ2v) is 5.49. The predicted octanol–water partition coefficient (Wildman–Crippen LogP) is 1.99. The van der Waals surface area contributed by atoms with E-state index in [0.717, 1.165) is 18.4 Å². The Labute approximate surface area is 129 Å². The summed E-state index contributed by atoms with van der Waals surface area (Å²) in [5.74, 6) is -0.932. The number of hydrogen-bond donors (Lipinski definition) is 3. The van der Waals surface area contributed by atoms with Gasteiger partial charge in [0.05, 0.1) is 12.5 Å². The Balaban J connectivity index is 1.93. The van der Waals surface area contributed by atoms with Gasteiger partial charge in [-0.25, -0.2) is 4.79 Å². The molecule has 6 nitrogen and oxygen atoms in total. The van der Waals surface area contributed by atoms with E-state index >= 15 is 0 Å². The van der Waals surface area contributed by atoms with Crippen molar-refractivity contribution in [3.05, 3.63) is 35.4 Å². The molecule has 0 spiro atoms. The standard InChI is InChI=1S/C16H22N2O4/c1-11-4-6-12(7-5-11)15-13(3-2-10-22-15)18-16(21)17-9-8-14(19)20/h4-7,13,15H,2-3,8-10H2,1H3,(H,19,20)(H2,17,18,21). The fraction of sp³-hybridized carbons (Fsp3) is 0.500. The van der Waals surface area contributed by atoms with Crippen LogP contribution < -0.4 is 10.6 Å². The summed E-state index contributed by atoms with van der Waals surface area (Å²) in [5.41, 5.74) is 2.22. The topological polar surface area (TPSA) is 87.7 Å². The number of urea groups is 1. The first-order valence-electron chi connectivity index (χ1n) is 7.50. The molecule has 1 heterocycles. The maximum absolute atomic E-state index is 11.9. The molecule has 1 aromatic carbocycles. The van der Waals surface area contributed by atoms with Crippen molar-refractivity contribution in [3.8, 4) is 0 Å². The van der Waals surface area contributed by atoms with E-state index in [4.69, 9.17) is 9.84 Å². The van der Waals surface area contributed by atoms with Crippen LogP contribution in [0.5, 0.6) is 0 Å². The normalized spacial score (nSPS) is 21.1. The van der Waals surface area contributed by atoms with E-state index in [9.17, 15) is 9.59 Å². The van der Waals surface area contributed by atoms with Gasteiger partial charge >= 0.3 is 12.0 Å². The number of amides is 2. The molecule has 0 saturated carbocycles. The zero-order valence-corrected chi connectivity index (χ0v) is 12.7. The van der Waals surface area contributed by atoms with Crippen molar-refractivity contribution >= 4 is 12.0 Å². The molecule has 2 unspecified atom stereocenters. The number of aryl methyl sites for hydroxylation is 1. The van der Waals surface area contributed by atoms with Gasteiger partial charge in [-0.15, -0.1) is 0 Å². The second-order valence-electron chi connectivity index (χ2n) is 5.49. The van der Waals surface area contributed by atoms with E-state index in [1.54, 1.807) is 0 Å². The van der Waals surface area contributed by atoms with Crippen LogP contribution in [0.15, 0.2) is 24.3 Å². The number of carbonyl (C=O) groups is 2. The lowest BCUT2D eigenvalue weighted by atomic mass is 9.95. The summed E-state index contributed by atoms with van der Waals surface area (Å²) in [5, 5.41) is 14.0. The Morgan fingerprint density at radius 2 is 2.05 bits per heavy atom. The molecule has 1 saturated heterocycles. The Bertz CT molecular complexity index is 515. The van der Waals surface area contributed by atoms with Crippen molar-refractivity contribution in [2.24, 2.45) is 0 Å². The van der Waals surface area contributed by atoms with E-state index in [1.807, 2.05) is 31.2 Å². The van der Waals surface area contributed by atoms with Crippen molar-refractivity contribution < 1.29 is 19.4 Å². The monoisotopic (exact) mass is 306 g/mol. The lowest BCUT2D eigenvalue weighted by Gasteiger charge is -2.32. The van der Waals surface area contributed by atoms with Crippen LogP contribution in [-0.4, -0.2) is 36.3 Å². The largest absolute Gasteiger partial charge is 0.481 e. The summed E-state index contributed by atoms with van der Waals surface area (Å²) in [6.45, 7) is 2.82. The van der Waals surface area contributed by atoms with Crippen LogP contribution in [0.1, 0.15) is 36.5 Å². The van der Waals surface area contributed by atoms with Gasteiger partial charge in [0.2, 0.25) is 0 Å². The minimum Gasteiger partial charge on any atom is -0.481 e. The highest BCUT2D eigenvalue weighted by Crippen LogP contribution is 2.28. The third-order valence-corrected chi connectivity index (χ3v) is 3.67. The molecule has 1 aliphatic heterocycles. The quantitative estimate of drug-likeness (QED) is 0.776. The van der Waals surface area contributed by atoms with Gasteiger partial charge in [-0.2, -0.15) is 0 Å². The van der Waals surface area contributed by atoms with E-state index < -0.39 is 5.97 Å². The summed E-state index contributed by atoms with van der Waals surface area (Å²) in [6, 6.07) is 7.62. The number of rotatable bonds is 5. The molecule has 1 aromatic rings. The molecule has 3 N–H and O–H groups in total. The molecule has 1 fully saturated rings. The molecule has 0 radical (unpaired) electrons. The molecule has 1 aliphatic rings. The highest BCUT2D eigenvalue weighted by molar-refractivity contribution is 5.75. The molecule has 22 heavy (non-hydrogen) atoms. The van der Waals surface area contributed by atoms with E-state index in [1.165, 1.54) is 5.56 Å². The molecule has 120 valence electrons. The van der Waals surface area contributed by atoms with Gasteiger partial charge in [-0.1, -0.05) is 29.8 Å². The third-order valence-electron chi connectivity index (χ3n) is 3.67. The van der Waals surface area contributed by atoms with Crippen LogP contribution in [0, 0.1) is 6.92 Å². The molecule has 2 atom stereocenters. The summed E-state index contributed by atoms with van der Waals surface area (Å²) >= 11 is 0. The van der Waals surface area contributed by atoms with Gasteiger partial charge in [0, 0.05) is 13.2 Å². The summed E-state index contributed by atoms with van der Waals surface area (Å²) in [4.78, 5) is 22.3. The van der Waals surface area contributed by atoms with Crippen LogP contribution >= 0.6 is 0 Å². The maximum atomic E-state index is 11.9. The summed E-state index contributed by atoms with van der Waals surface area (Å²) in [7, 11) is 0. The Morgan fingerprint density at radius 3 is 2.73 bits per heavy atom. The van der Waals surface area contributed by atoms with E-state index in [-0.39, 0.29) is 31.1 Å². The highest BCUT2D eigenvalue weighted by atomic mass is 16.5. The molecular weight excluding hydrogens is 284 g/mol. The Kier molecular flexibility index (Phi) is 5.77. The van der Waals surface area contributed by atoms with Crippen LogP contribution in [0.4, 0.5) is 4.79 Å². The smallest absolute Gasteiger partial charge is 0.315 e. The summed E-state index contributed by atoms with van der Waals surface area (Å²) < 4.78 is 5.82. The van der Waals surface area contributed by atoms with E-state index in [2.05, 4.69) is 10.6 Å². The van der Waals surface area contributed by atoms with Crippen molar-refractivity contribution in [2.75, 3.05) is 13.2 Å².